The number of benzene rings is 1. The fraction of sp³-hybridized carbons (Fsp3) is 0.286. The Labute approximate surface area is 182 Å². The Bertz CT molecular complexity index is 1230. The van der Waals surface area contributed by atoms with Crippen molar-refractivity contribution in [1.82, 2.24) is 34.9 Å². The van der Waals surface area contributed by atoms with Crippen LogP contribution in [0.4, 0.5) is 8.78 Å². The number of nitrogens with zero attached hydrogens (tertiary/aromatic N) is 6. The van der Waals surface area contributed by atoms with Gasteiger partial charge in [-0.2, -0.15) is 8.78 Å². The summed E-state index contributed by atoms with van der Waals surface area (Å²) in [4.78, 5) is 13.0. The number of carbonyl (C=O) groups is 1. The molecule has 0 saturated heterocycles. The molecule has 0 bridgehead atoms. The van der Waals surface area contributed by atoms with E-state index in [1.807, 2.05) is 42.6 Å². The maximum absolute atomic E-state index is 13.0. The summed E-state index contributed by atoms with van der Waals surface area (Å²) in [5.74, 6) is 0.269. The van der Waals surface area contributed by atoms with Crippen LogP contribution in [-0.2, 0) is 0 Å². The predicted molar refractivity (Wildman–Crippen MR) is 111 cm³/mol. The van der Waals surface area contributed by atoms with Gasteiger partial charge in [-0.05, 0) is 49.2 Å². The molecule has 166 valence electrons. The molecular weight excluding hydrogens is 420 g/mol. The Morgan fingerprint density at radius 3 is 2.50 bits per heavy atom. The first-order valence-corrected chi connectivity index (χ1v) is 9.93. The van der Waals surface area contributed by atoms with Gasteiger partial charge >= 0.3 is 6.61 Å². The van der Waals surface area contributed by atoms with E-state index in [0.717, 1.165) is 0 Å². The molecule has 0 aliphatic rings. The van der Waals surface area contributed by atoms with Gasteiger partial charge in [-0.3, -0.25) is 9.20 Å². The lowest BCUT2D eigenvalue weighted by molar-refractivity contribution is -0.0498. The van der Waals surface area contributed by atoms with E-state index in [0.29, 0.717) is 22.9 Å². The molecule has 0 radical (unpaired) electrons. The summed E-state index contributed by atoms with van der Waals surface area (Å²) >= 11 is 0. The van der Waals surface area contributed by atoms with Gasteiger partial charge in [0.15, 0.2) is 17.2 Å². The van der Waals surface area contributed by atoms with Crippen molar-refractivity contribution in [3.05, 3.63) is 65.9 Å². The largest absolute Gasteiger partial charge is 0.435 e. The molecule has 0 aliphatic carbocycles. The molecule has 3 aromatic heterocycles. The maximum Gasteiger partial charge on any atom is 0.387 e. The van der Waals surface area contributed by atoms with Gasteiger partial charge in [-0.1, -0.05) is 25.1 Å². The Balaban J connectivity index is 1.57. The van der Waals surface area contributed by atoms with E-state index in [-0.39, 0.29) is 17.4 Å². The maximum atomic E-state index is 13.0. The van der Waals surface area contributed by atoms with Gasteiger partial charge in [0.25, 0.3) is 5.91 Å². The summed E-state index contributed by atoms with van der Waals surface area (Å²) in [6.45, 7) is 2.75. The van der Waals surface area contributed by atoms with Crippen LogP contribution >= 0.6 is 0 Å². The molecule has 0 fully saturated rings. The molecule has 0 aliphatic heterocycles. The Morgan fingerprint density at radius 1 is 1.06 bits per heavy atom. The van der Waals surface area contributed by atoms with E-state index >= 15 is 0 Å². The summed E-state index contributed by atoms with van der Waals surface area (Å²) in [7, 11) is 0. The van der Waals surface area contributed by atoms with E-state index in [9.17, 15) is 13.6 Å². The van der Waals surface area contributed by atoms with Crippen molar-refractivity contribution < 1.29 is 18.3 Å². The highest BCUT2D eigenvalue weighted by Gasteiger charge is 2.26. The van der Waals surface area contributed by atoms with Gasteiger partial charge in [-0.25, -0.2) is 4.68 Å². The van der Waals surface area contributed by atoms with Crippen molar-refractivity contribution in [2.24, 2.45) is 5.92 Å². The van der Waals surface area contributed by atoms with Gasteiger partial charge in [0, 0.05) is 6.20 Å². The molecule has 4 rings (SSSR count). The van der Waals surface area contributed by atoms with E-state index < -0.39 is 18.6 Å². The minimum atomic E-state index is -2.90. The topological polar surface area (TPSA) is 99.2 Å². The van der Waals surface area contributed by atoms with Crippen LogP contribution in [0.2, 0.25) is 0 Å². The molecule has 1 atom stereocenters. The van der Waals surface area contributed by atoms with E-state index in [1.54, 1.807) is 19.1 Å². The first-order valence-electron chi connectivity index (χ1n) is 9.93. The van der Waals surface area contributed by atoms with Crippen LogP contribution in [0.25, 0.3) is 11.3 Å². The molecule has 9 nitrogen and oxygen atoms in total. The summed E-state index contributed by atoms with van der Waals surface area (Å²) in [5.41, 5.74) is 1.89. The van der Waals surface area contributed by atoms with Gasteiger partial charge < -0.3 is 10.1 Å². The number of rotatable bonds is 7. The second-order valence-corrected chi connectivity index (χ2v) is 7.49. The zero-order valence-corrected chi connectivity index (χ0v) is 17.6. The molecule has 1 unspecified atom stereocenters. The first-order chi connectivity index (χ1) is 15.3. The number of fused-ring (bicyclic) bond motifs is 1. The van der Waals surface area contributed by atoms with Crippen molar-refractivity contribution in [1.29, 1.82) is 0 Å². The number of pyridine rings is 1. The van der Waals surface area contributed by atoms with Gasteiger partial charge in [-0.15, -0.1) is 15.3 Å². The average Bonchev–Trinajstić information content (AvgIpc) is 3.35. The highest BCUT2D eigenvalue weighted by molar-refractivity contribution is 5.93. The number of hydrogen-bond acceptors (Lipinski definition) is 6. The average molecular weight is 441 g/mol. The van der Waals surface area contributed by atoms with Crippen molar-refractivity contribution in [2.75, 3.05) is 0 Å². The predicted octanol–water partition coefficient (Wildman–Crippen LogP) is 3.35. The van der Waals surface area contributed by atoms with E-state index in [2.05, 4.69) is 30.6 Å². The number of aromatic nitrogens is 6. The zero-order valence-electron chi connectivity index (χ0n) is 17.6. The van der Waals surface area contributed by atoms with Crippen molar-refractivity contribution >= 4 is 11.6 Å². The number of halogens is 2. The minimum Gasteiger partial charge on any atom is -0.435 e. The Morgan fingerprint density at radius 2 is 1.81 bits per heavy atom. The second-order valence-electron chi connectivity index (χ2n) is 7.49. The molecule has 1 N–H and O–H groups in total. The number of hydrogen-bond donors (Lipinski definition) is 1. The fourth-order valence-electron chi connectivity index (χ4n) is 3.36. The van der Waals surface area contributed by atoms with Crippen LogP contribution < -0.4 is 10.1 Å². The number of amides is 1. The van der Waals surface area contributed by atoms with E-state index in [1.165, 1.54) is 16.8 Å². The fourth-order valence-corrected chi connectivity index (χ4v) is 3.36. The summed E-state index contributed by atoms with van der Waals surface area (Å²) < 4.78 is 32.3. The van der Waals surface area contributed by atoms with Crippen molar-refractivity contribution in [2.45, 2.75) is 33.4 Å². The molecule has 4 aromatic rings. The lowest BCUT2D eigenvalue weighted by Gasteiger charge is -2.20. The van der Waals surface area contributed by atoms with Crippen LogP contribution in [0, 0.1) is 12.8 Å². The third kappa shape index (κ3) is 4.13. The monoisotopic (exact) mass is 441 g/mol. The summed E-state index contributed by atoms with van der Waals surface area (Å²) in [6.07, 6.45) is 1.84. The van der Waals surface area contributed by atoms with Crippen LogP contribution in [0.1, 0.15) is 41.9 Å². The van der Waals surface area contributed by atoms with Crippen molar-refractivity contribution in [3.63, 3.8) is 0 Å². The standard InChI is InChI=1S/C21H21F2N7O2/c1-12(2)17(19-27-25-16-6-4-5-11-29(16)19)24-20(31)18-13(3)30(28-26-18)14-7-9-15(10-8-14)32-21(22)23/h4-12,17,21H,1-3H3,(H,24,31). The zero-order chi connectivity index (χ0) is 22.8. The molecule has 11 heteroatoms. The third-order valence-electron chi connectivity index (χ3n) is 4.99. The van der Waals surface area contributed by atoms with Crippen LogP contribution in [0.15, 0.2) is 48.7 Å². The molecule has 32 heavy (non-hydrogen) atoms. The number of nitrogens with one attached hydrogen (secondary N) is 1. The lowest BCUT2D eigenvalue weighted by Crippen LogP contribution is -2.33. The molecule has 0 saturated carbocycles. The summed E-state index contributed by atoms with van der Waals surface area (Å²) in [6, 6.07) is 11.1. The third-order valence-corrected chi connectivity index (χ3v) is 4.99. The molecule has 3 heterocycles. The quantitative estimate of drug-likeness (QED) is 0.472. The highest BCUT2D eigenvalue weighted by atomic mass is 19.3. The van der Waals surface area contributed by atoms with Crippen LogP contribution in [0.3, 0.4) is 0 Å². The number of ether oxygens (including phenoxy) is 1. The molecule has 0 spiro atoms. The van der Waals surface area contributed by atoms with Gasteiger partial charge in [0.05, 0.1) is 17.4 Å². The molecule has 1 amide bonds. The number of alkyl halides is 2. The normalized spacial score (nSPS) is 12.5. The first kappa shape index (κ1) is 21.3. The van der Waals surface area contributed by atoms with E-state index in [4.69, 9.17) is 0 Å². The Kier molecular flexibility index (Phi) is 5.80. The SMILES string of the molecule is Cc1c(C(=O)NC(c2nnc3ccccn23)C(C)C)nnn1-c1ccc(OC(F)F)cc1. The molecule has 1 aromatic carbocycles. The van der Waals surface area contributed by atoms with Gasteiger partial charge in [0.2, 0.25) is 0 Å². The van der Waals surface area contributed by atoms with Crippen molar-refractivity contribution in [3.8, 4) is 11.4 Å². The van der Waals surface area contributed by atoms with Crippen LogP contribution in [-0.4, -0.2) is 42.1 Å². The van der Waals surface area contributed by atoms with Crippen LogP contribution in [0.5, 0.6) is 5.75 Å². The highest BCUT2D eigenvalue weighted by Crippen LogP contribution is 2.23. The van der Waals surface area contributed by atoms with Gasteiger partial charge in [0.1, 0.15) is 5.75 Å². The number of carbonyl (C=O) groups excluding carboxylic acids is 1. The second kappa shape index (κ2) is 8.69. The summed E-state index contributed by atoms with van der Waals surface area (Å²) in [5, 5.41) is 19.5. The Hall–Kier alpha value is -3.89. The smallest absolute Gasteiger partial charge is 0.387 e. The lowest BCUT2D eigenvalue weighted by atomic mass is 10.0. The molecular formula is C21H21F2N7O2. The minimum absolute atomic E-state index is 0.0276.